The minimum absolute atomic E-state index is 0.0900. The molecule has 1 saturated heterocycles. The number of para-hydroxylation sites is 1. The number of aromatic nitrogens is 1. The Morgan fingerprint density at radius 2 is 1.92 bits per heavy atom. The number of carbonyl (C=O) groups excluding carboxylic acids is 2. The molecule has 1 unspecified atom stereocenters. The number of thiazole rings is 1. The molecule has 2 heterocycles. The van der Waals surface area contributed by atoms with Gasteiger partial charge >= 0.3 is 0 Å². The molecule has 2 N–H and O–H groups in total. The second-order valence-electron chi connectivity index (χ2n) is 9.94. The Bertz CT molecular complexity index is 1260. The van der Waals surface area contributed by atoms with Gasteiger partial charge in [-0.3, -0.25) is 9.59 Å². The molecule has 9 heteroatoms. The molecule has 3 aromatic rings. The molecule has 2 amide bonds. The topological polar surface area (TPSA) is 82.5 Å². The van der Waals surface area contributed by atoms with Crippen molar-refractivity contribution >= 4 is 28.8 Å². The van der Waals surface area contributed by atoms with Crippen molar-refractivity contribution < 1.29 is 23.5 Å². The van der Waals surface area contributed by atoms with Crippen LogP contribution in [0.5, 0.6) is 0 Å². The van der Waals surface area contributed by atoms with Crippen LogP contribution in [0.4, 0.5) is 14.5 Å². The van der Waals surface area contributed by atoms with Crippen molar-refractivity contribution in [3.63, 3.8) is 0 Å². The average Bonchev–Trinajstić information content (AvgIpc) is 3.39. The molecule has 1 aliphatic heterocycles. The predicted molar refractivity (Wildman–Crippen MR) is 146 cm³/mol. The van der Waals surface area contributed by atoms with Crippen LogP contribution in [-0.4, -0.2) is 46.0 Å². The van der Waals surface area contributed by atoms with Gasteiger partial charge in [-0.2, -0.15) is 0 Å². The molecule has 0 bridgehead atoms. The summed E-state index contributed by atoms with van der Waals surface area (Å²) in [6.07, 6.45) is 2.94. The molecule has 0 radical (unpaired) electrons. The Hall–Kier alpha value is -3.17. The summed E-state index contributed by atoms with van der Waals surface area (Å²) in [4.78, 5) is 31.9. The molecule has 0 saturated carbocycles. The van der Waals surface area contributed by atoms with E-state index in [4.69, 9.17) is 0 Å². The fourth-order valence-corrected chi connectivity index (χ4v) is 5.62. The van der Waals surface area contributed by atoms with E-state index in [0.717, 1.165) is 24.8 Å². The summed E-state index contributed by atoms with van der Waals surface area (Å²) in [5.41, 5.74) is 1.98. The lowest BCUT2D eigenvalue weighted by atomic mass is 9.97. The monoisotopic (exact) mass is 541 g/mol. The molecule has 1 atom stereocenters. The third-order valence-corrected chi connectivity index (χ3v) is 7.83. The molecule has 0 aliphatic carbocycles. The van der Waals surface area contributed by atoms with E-state index in [1.54, 1.807) is 48.7 Å². The highest BCUT2D eigenvalue weighted by Gasteiger charge is 2.27. The molecule has 1 fully saturated rings. The molecule has 202 valence electrons. The standard InChI is InChI=1S/C29H33F2N3O3S/c1-19(35)7-5-12-26(36)34-15-13-20(14-16-34)28-33-25(18-38-28)27(37)32-24-11-4-3-10-23(24)21-8-6-9-22(17-21)29(2,30)31/h3-4,6,8-11,17-20,35H,5,7,12-16H2,1-2H3,(H,32,37). The number of likely N-dealkylation sites (tertiary alicyclic amines) is 1. The highest BCUT2D eigenvalue weighted by atomic mass is 32.1. The van der Waals surface area contributed by atoms with Crippen LogP contribution in [0.15, 0.2) is 53.9 Å². The highest BCUT2D eigenvalue weighted by molar-refractivity contribution is 7.10. The third kappa shape index (κ3) is 7.02. The third-order valence-electron chi connectivity index (χ3n) is 6.82. The minimum Gasteiger partial charge on any atom is -0.393 e. The first-order valence-electron chi connectivity index (χ1n) is 12.9. The van der Waals surface area contributed by atoms with Gasteiger partial charge in [0.2, 0.25) is 5.91 Å². The van der Waals surface area contributed by atoms with Crippen LogP contribution in [0.1, 0.15) is 72.9 Å². The molecule has 1 aliphatic rings. The number of piperidine rings is 1. The van der Waals surface area contributed by atoms with E-state index in [9.17, 15) is 23.5 Å². The first-order chi connectivity index (χ1) is 18.1. The van der Waals surface area contributed by atoms with Gasteiger partial charge in [0.05, 0.1) is 11.1 Å². The van der Waals surface area contributed by atoms with E-state index >= 15 is 0 Å². The van der Waals surface area contributed by atoms with E-state index < -0.39 is 12.0 Å². The van der Waals surface area contributed by atoms with Gasteiger partial charge in [-0.25, -0.2) is 13.8 Å². The maximum absolute atomic E-state index is 13.9. The Morgan fingerprint density at radius 1 is 1.18 bits per heavy atom. The van der Waals surface area contributed by atoms with Gasteiger partial charge in [0.1, 0.15) is 5.69 Å². The van der Waals surface area contributed by atoms with E-state index in [1.165, 1.54) is 23.5 Å². The van der Waals surface area contributed by atoms with Crippen molar-refractivity contribution in [3.05, 3.63) is 70.2 Å². The SMILES string of the molecule is CC(O)CCCC(=O)N1CCC(c2nc(C(=O)Nc3ccccc3-c3cccc(C(C)(F)F)c3)cs2)CC1. The number of nitrogens with one attached hydrogen (secondary N) is 1. The molecular weight excluding hydrogens is 508 g/mol. The molecule has 0 spiro atoms. The van der Waals surface area contributed by atoms with Crippen molar-refractivity contribution in [1.82, 2.24) is 9.88 Å². The Morgan fingerprint density at radius 3 is 2.63 bits per heavy atom. The normalized spacial score (nSPS) is 15.3. The summed E-state index contributed by atoms with van der Waals surface area (Å²) in [6.45, 7) is 3.90. The van der Waals surface area contributed by atoms with Gasteiger partial charge in [0, 0.05) is 54.5 Å². The average molecular weight is 542 g/mol. The van der Waals surface area contributed by atoms with Crippen LogP contribution in [0.3, 0.4) is 0 Å². The van der Waals surface area contributed by atoms with Crippen LogP contribution >= 0.6 is 11.3 Å². The van der Waals surface area contributed by atoms with Gasteiger partial charge in [0.25, 0.3) is 11.8 Å². The number of alkyl halides is 2. The highest BCUT2D eigenvalue weighted by Crippen LogP contribution is 2.34. The van der Waals surface area contributed by atoms with Crippen LogP contribution < -0.4 is 5.32 Å². The lowest BCUT2D eigenvalue weighted by molar-refractivity contribution is -0.132. The lowest BCUT2D eigenvalue weighted by Gasteiger charge is -2.31. The summed E-state index contributed by atoms with van der Waals surface area (Å²) in [7, 11) is 0. The Labute approximate surface area is 225 Å². The molecule has 4 rings (SSSR count). The number of halogens is 2. The number of benzene rings is 2. The van der Waals surface area contributed by atoms with Gasteiger partial charge in [-0.05, 0) is 50.3 Å². The number of aliphatic hydroxyl groups excluding tert-OH is 1. The van der Waals surface area contributed by atoms with Crippen molar-refractivity contribution in [2.24, 2.45) is 0 Å². The molecule has 38 heavy (non-hydrogen) atoms. The minimum atomic E-state index is -2.97. The van der Waals surface area contributed by atoms with E-state index in [1.807, 2.05) is 4.90 Å². The zero-order valence-corrected chi connectivity index (χ0v) is 22.4. The number of amides is 2. The Balaban J connectivity index is 1.38. The molecular formula is C29H33F2N3O3S. The molecule has 2 aromatic carbocycles. The second kappa shape index (κ2) is 12.1. The molecule has 1 aromatic heterocycles. The van der Waals surface area contributed by atoms with Gasteiger partial charge in [0.15, 0.2) is 0 Å². The van der Waals surface area contributed by atoms with Crippen LogP contribution in [-0.2, 0) is 10.7 Å². The number of carbonyl (C=O) groups is 2. The van der Waals surface area contributed by atoms with Crippen molar-refractivity contribution in [2.75, 3.05) is 18.4 Å². The largest absolute Gasteiger partial charge is 0.393 e. The number of anilines is 1. The maximum Gasteiger partial charge on any atom is 0.275 e. The number of hydrogen-bond donors (Lipinski definition) is 2. The summed E-state index contributed by atoms with van der Waals surface area (Å²) in [5, 5.41) is 14.9. The first kappa shape index (κ1) is 27.9. The summed E-state index contributed by atoms with van der Waals surface area (Å²) >= 11 is 1.44. The van der Waals surface area contributed by atoms with Crippen LogP contribution in [0, 0.1) is 0 Å². The van der Waals surface area contributed by atoms with Gasteiger partial charge in [-0.15, -0.1) is 11.3 Å². The smallest absolute Gasteiger partial charge is 0.275 e. The number of rotatable bonds is 9. The fraction of sp³-hybridized carbons (Fsp3) is 0.414. The predicted octanol–water partition coefficient (Wildman–Crippen LogP) is 6.43. The number of aliphatic hydroxyl groups is 1. The Kier molecular flexibility index (Phi) is 8.89. The van der Waals surface area contributed by atoms with Crippen molar-refractivity contribution in [3.8, 4) is 11.1 Å². The van der Waals surface area contributed by atoms with Crippen LogP contribution in [0.25, 0.3) is 11.1 Å². The van der Waals surface area contributed by atoms with Crippen molar-refractivity contribution in [2.45, 2.75) is 63.9 Å². The zero-order valence-electron chi connectivity index (χ0n) is 21.6. The lowest BCUT2D eigenvalue weighted by Crippen LogP contribution is -2.37. The van der Waals surface area contributed by atoms with Crippen molar-refractivity contribution in [1.29, 1.82) is 0 Å². The fourth-order valence-electron chi connectivity index (χ4n) is 4.65. The summed E-state index contributed by atoms with van der Waals surface area (Å²) in [5.74, 6) is -3.01. The first-order valence-corrected chi connectivity index (χ1v) is 13.8. The number of nitrogens with zero attached hydrogens (tertiary/aromatic N) is 2. The van der Waals surface area contributed by atoms with Gasteiger partial charge < -0.3 is 15.3 Å². The maximum atomic E-state index is 13.9. The van der Waals surface area contributed by atoms with Gasteiger partial charge in [-0.1, -0.05) is 36.4 Å². The number of hydrogen-bond acceptors (Lipinski definition) is 5. The van der Waals surface area contributed by atoms with Crippen LogP contribution in [0.2, 0.25) is 0 Å². The summed E-state index contributed by atoms with van der Waals surface area (Å²) < 4.78 is 27.7. The summed E-state index contributed by atoms with van der Waals surface area (Å²) in [6, 6.07) is 13.3. The van der Waals surface area contributed by atoms with E-state index in [-0.39, 0.29) is 23.3 Å². The van der Waals surface area contributed by atoms with E-state index in [0.29, 0.717) is 54.9 Å². The van der Waals surface area contributed by atoms with E-state index in [2.05, 4.69) is 10.3 Å². The molecule has 6 nitrogen and oxygen atoms in total. The zero-order chi connectivity index (χ0) is 27.3. The second-order valence-corrected chi connectivity index (χ2v) is 10.8. The quantitative estimate of drug-likeness (QED) is 0.327.